The van der Waals surface area contributed by atoms with Crippen LogP contribution in [-0.2, 0) is 23.9 Å². The third kappa shape index (κ3) is 4.57. The largest absolute Gasteiger partial charge is 0.455 e. The normalized spacial score (nSPS) is 38.6. The highest BCUT2D eigenvalue weighted by molar-refractivity contribution is 6.00. The van der Waals surface area contributed by atoms with Gasteiger partial charge in [-0.05, 0) is 30.9 Å². The van der Waals surface area contributed by atoms with Gasteiger partial charge in [-0.3, -0.25) is 9.59 Å². The molecule has 4 rings (SSSR count). The molecule has 0 spiro atoms. The Morgan fingerprint density at radius 1 is 1.13 bits per heavy atom. The van der Waals surface area contributed by atoms with E-state index in [0.717, 1.165) is 12.8 Å². The molecular formula is C32H42O7. The number of esters is 2. The highest BCUT2D eigenvalue weighted by Crippen LogP contribution is 2.76. The van der Waals surface area contributed by atoms with E-state index >= 15 is 0 Å². The van der Waals surface area contributed by atoms with Crippen molar-refractivity contribution >= 4 is 17.7 Å². The van der Waals surface area contributed by atoms with Crippen LogP contribution in [0.4, 0.5) is 0 Å². The van der Waals surface area contributed by atoms with Gasteiger partial charge in [-0.2, -0.15) is 0 Å². The summed E-state index contributed by atoms with van der Waals surface area (Å²) >= 11 is 0. The highest BCUT2D eigenvalue weighted by atomic mass is 16.6. The van der Waals surface area contributed by atoms with E-state index in [-0.39, 0.29) is 18.3 Å². The number of fused-ring (bicyclic) bond motifs is 5. The number of hydrogen-bond donors (Lipinski definition) is 2. The summed E-state index contributed by atoms with van der Waals surface area (Å²) in [5.41, 5.74) is -1.98. The van der Waals surface area contributed by atoms with Crippen molar-refractivity contribution in [3.8, 4) is 0 Å². The summed E-state index contributed by atoms with van der Waals surface area (Å²) in [6.07, 6.45) is 15.6. The second-order valence-electron chi connectivity index (χ2n) is 12.1. The lowest BCUT2D eigenvalue weighted by molar-refractivity contribution is -0.217. The third-order valence-electron chi connectivity index (χ3n) is 9.60. The van der Waals surface area contributed by atoms with E-state index in [2.05, 4.69) is 6.92 Å². The molecule has 4 aliphatic carbocycles. The molecule has 2 saturated carbocycles. The highest BCUT2D eigenvalue weighted by Gasteiger charge is 2.87. The summed E-state index contributed by atoms with van der Waals surface area (Å²) in [6, 6.07) is 0. The van der Waals surface area contributed by atoms with E-state index in [1.807, 2.05) is 51.2 Å². The average Bonchev–Trinajstić information content (AvgIpc) is 3.26. The maximum atomic E-state index is 13.1. The minimum absolute atomic E-state index is 0.0382. The maximum Gasteiger partial charge on any atom is 0.331 e. The molecule has 0 unspecified atom stereocenters. The van der Waals surface area contributed by atoms with Gasteiger partial charge in [0.05, 0.1) is 12.2 Å². The third-order valence-corrected chi connectivity index (χ3v) is 9.60. The van der Waals surface area contributed by atoms with Gasteiger partial charge in [-0.1, -0.05) is 76.6 Å². The summed E-state index contributed by atoms with van der Waals surface area (Å²) in [4.78, 5) is 38.6. The van der Waals surface area contributed by atoms with Crippen LogP contribution in [0.5, 0.6) is 0 Å². The number of unbranched alkanes of at least 4 members (excludes halogenated alkanes) is 1. The van der Waals surface area contributed by atoms with Crippen molar-refractivity contribution in [1.29, 1.82) is 0 Å². The molecular weight excluding hydrogens is 496 g/mol. The number of allylic oxidation sites excluding steroid dienone is 6. The molecule has 0 radical (unpaired) electrons. The number of hydrogen-bond acceptors (Lipinski definition) is 7. The molecule has 0 saturated heterocycles. The van der Waals surface area contributed by atoms with Crippen LogP contribution < -0.4 is 0 Å². The number of carbonyl (C=O) groups is 3. The van der Waals surface area contributed by atoms with Crippen LogP contribution in [0.2, 0.25) is 0 Å². The summed E-state index contributed by atoms with van der Waals surface area (Å²) in [5, 5.41) is 22.8. The average molecular weight is 539 g/mol. The molecule has 4 aliphatic rings. The lowest BCUT2D eigenvalue weighted by Crippen LogP contribution is -2.63. The molecule has 212 valence electrons. The van der Waals surface area contributed by atoms with E-state index in [1.54, 1.807) is 19.1 Å². The Kier molecular flexibility index (Phi) is 7.99. The van der Waals surface area contributed by atoms with E-state index < -0.39 is 58.3 Å². The van der Waals surface area contributed by atoms with Gasteiger partial charge in [-0.15, -0.1) is 0 Å². The van der Waals surface area contributed by atoms with Crippen LogP contribution in [0.25, 0.3) is 0 Å². The van der Waals surface area contributed by atoms with Crippen molar-refractivity contribution in [2.75, 3.05) is 6.61 Å². The first-order valence-electron chi connectivity index (χ1n) is 14.0. The zero-order chi connectivity index (χ0) is 28.8. The standard InChI is InChI=1S/C32H42O7/c1-7-8-9-10-11-12-13-14-26(35)38-29-20(3)31(37)24-15-19(2)27(36)23(24)16-22(18-33)17-25(31)28-30(5,6)32(28,29)39-21(4)34/h9-15,17,20,23-25,28-29,33,37H,7-8,16,18H2,1-6H3/b10-9+,12-11+,14-13-/t20-,23+,24-,25+,28-,29-,31+,32-/m1/s1. The van der Waals surface area contributed by atoms with Crippen molar-refractivity contribution < 1.29 is 34.1 Å². The van der Waals surface area contributed by atoms with Crippen LogP contribution in [-0.4, -0.2) is 51.8 Å². The number of aliphatic hydroxyl groups excluding tert-OH is 1. The first-order valence-corrected chi connectivity index (χ1v) is 14.0. The number of carbonyl (C=O) groups excluding carboxylic acids is 3. The Morgan fingerprint density at radius 3 is 2.46 bits per heavy atom. The topological polar surface area (TPSA) is 110 Å². The monoisotopic (exact) mass is 538 g/mol. The first kappa shape index (κ1) is 29.2. The second kappa shape index (κ2) is 10.7. The predicted molar refractivity (Wildman–Crippen MR) is 147 cm³/mol. The zero-order valence-electron chi connectivity index (χ0n) is 23.8. The maximum absolute atomic E-state index is 13.1. The van der Waals surface area contributed by atoms with Crippen LogP contribution in [0, 0.1) is 35.0 Å². The van der Waals surface area contributed by atoms with Crippen molar-refractivity contribution in [1.82, 2.24) is 0 Å². The molecule has 0 aromatic rings. The zero-order valence-corrected chi connectivity index (χ0v) is 23.8. The second-order valence-corrected chi connectivity index (χ2v) is 12.1. The number of rotatable bonds is 8. The van der Waals surface area contributed by atoms with Crippen molar-refractivity contribution in [2.45, 2.75) is 78.1 Å². The lowest BCUT2D eigenvalue weighted by Gasteiger charge is -2.52. The Hall–Kier alpha value is -2.77. The minimum Gasteiger partial charge on any atom is -0.455 e. The van der Waals surface area contributed by atoms with Gasteiger partial charge >= 0.3 is 11.9 Å². The van der Waals surface area contributed by atoms with E-state index in [4.69, 9.17) is 9.47 Å². The Morgan fingerprint density at radius 2 is 1.82 bits per heavy atom. The molecule has 0 bridgehead atoms. The molecule has 39 heavy (non-hydrogen) atoms. The fourth-order valence-corrected chi connectivity index (χ4v) is 7.77. The molecule has 0 aromatic carbocycles. The molecule has 0 heterocycles. The van der Waals surface area contributed by atoms with Gasteiger partial charge in [0.2, 0.25) is 0 Å². The summed E-state index contributed by atoms with van der Waals surface area (Å²) in [7, 11) is 0. The van der Waals surface area contributed by atoms with Crippen molar-refractivity contribution in [3.63, 3.8) is 0 Å². The minimum atomic E-state index is -1.46. The Balaban J connectivity index is 1.75. The summed E-state index contributed by atoms with van der Waals surface area (Å²) in [5.74, 6) is -3.74. The lowest BCUT2D eigenvalue weighted by atomic mass is 9.60. The van der Waals surface area contributed by atoms with E-state index in [0.29, 0.717) is 17.6 Å². The number of ether oxygens (including phenoxy) is 2. The van der Waals surface area contributed by atoms with Gasteiger partial charge in [-0.25, -0.2) is 4.79 Å². The van der Waals surface area contributed by atoms with Gasteiger partial charge in [0, 0.05) is 48.0 Å². The van der Waals surface area contributed by atoms with Crippen molar-refractivity contribution in [2.24, 2.45) is 35.0 Å². The molecule has 8 atom stereocenters. The van der Waals surface area contributed by atoms with Crippen LogP contribution in [0.15, 0.2) is 59.8 Å². The fourth-order valence-electron chi connectivity index (χ4n) is 7.77. The Labute approximate surface area is 231 Å². The van der Waals surface area contributed by atoms with Gasteiger partial charge in [0.25, 0.3) is 0 Å². The van der Waals surface area contributed by atoms with Gasteiger partial charge in [0.1, 0.15) is 6.10 Å². The van der Waals surface area contributed by atoms with Crippen LogP contribution in [0.1, 0.15) is 60.8 Å². The fraction of sp³-hybridized carbons (Fsp3) is 0.594. The van der Waals surface area contributed by atoms with Gasteiger partial charge < -0.3 is 19.7 Å². The molecule has 0 amide bonds. The smallest absolute Gasteiger partial charge is 0.331 e. The van der Waals surface area contributed by atoms with Crippen LogP contribution in [0.3, 0.4) is 0 Å². The number of aliphatic hydroxyl groups is 2. The summed E-state index contributed by atoms with van der Waals surface area (Å²) in [6.45, 7) is 10.7. The molecule has 7 nitrogen and oxygen atoms in total. The van der Waals surface area contributed by atoms with E-state index in [9.17, 15) is 24.6 Å². The first-order chi connectivity index (χ1) is 18.4. The Bertz CT molecular complexity index is 1170. The molecule has 2 N–H and O–H groups in total. The van der Waals surface area contributed by atoms with Crippen molar-refractivity contribution in [3.05, 3.63) is 59.8 Å². The number of ketones is 1. The number of Topliss-reactive ketones (excluding diaryl/α,β-unsaturated/α-hetero) is 1. The molecule has 0 aliphatic heterocycles. The molecule has 7 heteroatoms. The SMILES string of the molecule is CCC/C=C/C=C/C=C\C(=O)O[C@@H]1[C@@H](C)[C@]2(O)[C@@H]3C=C(C)C(=O)[C@H]3CC(CO)=C[C@H]2[C@@H]2C(C)(C)[C@]12OC(C)=O. The van der Waals surface area contributed by atoms with Gasteiger partial charge in [0.15, 0.2) is 11.4 Å². The molecule has 0 aromatic heterocycles. The predicted octanol–water partition coefficient (Wildman–Crippen LogP) is 4.41. The summed E-state index contributed by atoms with van der Waals surface area (Å²) < 4.78 is 12.1. The molecule has 2 fully saturated rings. The van der Waals surface area contributed by atoms with E-state index in [1.165, 1.54) is 13.0 Å². The quantitative estimate of drug-likeness (QED) is 0.204. The van der Waals surface area contributed by atoms with Crippen LogP contribution >= 0.6 is 0 Å².